The number of phenols is 1. The van der Waals surface area contributed by atoms with Crippen molar-refractivity contribution in [3.63, 3.8) is 0 Å². The van der Waals surface area contributed by atoms with Crippen molar-refractivity contribution in [2.45, 2.75) is 11.3 Å². The zero-order valence-corrected chi connectivity index (χ0v) is 8.58. The average molecular weight is 216 g/mol. The Labute approximate surface area is 82.7 Å². The molecular weight excluding hydrogens is 204 g/mol. The molecule has 0 radical (unpaired) electrons. The van der Waals surface area contributed by atoms with Crippen molar-refractivity contribution in [3.8, 4) is 5.75 Å². The molecule has 0 atom stereocenters. The lowest BCUT2D eigenvalue weighted by atomic mass is 10.1. The summed E-state index contributed by atoms with van der Waals surface area (Å²) in [5, 5.41) is 18.1. The summed E-state index contributed by atoms with van der Waals surface area (Å²) in [7, 11) is -3.45. The summed E-state index contributed by atoms with van der Waals surface area (Å²) in [6.07, 6.45) is 1.25. The molecule has 0 aliphatic heterocycles. The van der Waals surface area contributed by atoms with Crippen molar-refractivity contribution in [2.75, 3.05) is 12.9 Å². The third-order valence-electron chi connectivity index (χ3n) is 1.83. The maximum Gasteiger partial charge on any atom is 0.179 e. The third-order valence-corrected chi connectivity index (χ3v) is 3.04. The van der Waals surface area contributed by atoms with E-state index in [1.165, 1.54) is 6.07 Å². The predicted molar refractivity (Wildman–Crippen MR) is 52.0 cm³/mol. The maximum absolute atomic E-state index is 11.3. The third kappa shape index (κ3) is 2.24. The first-order valence-corrected chi connectivity index (χ1v) is 5.97. The Morgan fingerprint density at radius 1 is 1.36 bits per heavy atom. The molecule has 78 valence electrons. The number of aliphatic hydroxyl groups is 1. The van der Waals surface area contributed by atoms with Crippen LogP contribution >= 0.6 is 0 Å². The number of aliphatic hydroxyl groups excluding tert-OH is 1. The minimum atomic E-state index is -3.45. The minimum Gasteiger partial charge on any atom is -0.507 e. The first-order valence-electron chi connectivity index (χ1n) is 4.08. The van der Waals surface area contributed by atoms with Gasteiger partial charge in [0.2, 0.25) is 0 Å². The van der Waals surface area contributed by atoms with Gasteiger partial charge in [0.15, 0.2) is 9.84 Å². The summed E-state index contributed by atoms with van der Waals surface area (Å²) >= 11 is 0. The van der Waals surface area contributed by atoms with E-state index in [4.69, 9.17) is 5.11 Å². The minimum absolute atomic E-state index is 0.0888. The van der Waals surface area contributed by atoms with Crippen LogP contribution in [0.15, 0.2) is 23.1 Å². The smallest absolute Gasteiger partial charge is 0.179 e. The second-order valence-corrected chi connectivity index (χ2v) is 4.96. The fourth-order valence-electron chi connectivity index (χ4n) is 1.32. The van der Waals surface area contributed by atoms with Gasteiger partial charge in [0.05, 0.1) is 0 Å². The Bertz CT molecular complexity index is 422. The monoisotopic (exact) mass is 216 g/mol. The van der Waals surface area contributed by atoms with E-state index in [-0.39, 0.29) is 23.7 Å². The van der Waals surface area contributed by atoms with Crippen molar-refractivity contribution in [2.24, 2.45) is 0 Å². The summed E-state index contributed by atoms with van der Waals surface area (Å²) in [5.41, 5.74) is 0.440. The van der Waals surface area contributed by atoms with Gasteiger partial charge < -0.3 is 10.2 Å². The lowest BCUT2D eigenvalue weighted by Crippen LogP contribution is -2.04. The Kier molecular flexibility index (Phi) is 3.13. The fourth-order valence-corrected chi connectivity index (χ4v) is 2.41. The quantitative estimate of drug-likeness (QED) is 0.763. The Hall–Kier alpha value is -1.07. The number of aromatic hydroxyl groups is 1. The Balaban J connectivity index is 3.37. The fraction of sp³-hybridized carbons (Fsp3) is 0.333. The molecule has 2 N–H and O–H groups in total. The summed E-state index contributed by atoms with van der Waals surface area (Å²) in [5.74, 6) is -0.265. The van der Waals surface area contributed by atoms with E-state index < -0.39 is 9.84 Å². The van der Waals surface area contributed by atoms with Gasteiger partial charge in [0.1, 0.15) is 10.6 Å². The normalized spacial score (nSPS) is 11.6. The molecule has 0 spiro atoms. The molecule has 0 aliphatic rings. The highest BCUT2D eigenvalue weighted by molar-refractivity contribution is 7.90. The van der Waals surface area contributed by atoms with Gasteiger partial charge in [-0.15, -0.1) is 0 Å². The molecule has 0 aliphatic carbocycles. The Morgan fingerprint density at radius 2 is 2.00 bits per heavy atom. The largest absolute Gasteiger partial charge is 0.507 e. The zero-order valence-electron chi connectivity index (χ0n) is 7.77. The van der Waals surface area contributed by atoms with Gasteiger partial charge in [-0.05, 0) is 18.1 Å². The van der Waals surface area contributed by atoms with Gasteiger partial charge in [-0.1, -0.05) is 12.1 Å². The molecule has 0 aromatic heterocycles. The maximum atomic E-state index is 11.3. The molecule has 4 nitrogen and oxygen atoms in total. The summed E-state index contributed by atoms with van der Waals surface area (Å²) in [6, 6.07) is 4.44. The van der Waals surface area contributed by atoms with E-state index in [1.54, 1.807) is 12.1 Å². The predicted octanol–water partition coefficient (Wildman–Crippen LogP) is 0.331. The van der Waals surface area contributed by atoms with Crippen LogP contribution in [0.25, 0.3) is 0 Å². The summed E-state index contributed by atoms with van der Waals surface area (Å²) < 4.78 is 22.6. The van der Waals surface area contributed by atoms with Gasteiger partial charge in [0.25, 0.3) is 0 Å². The second-order valence-electron chi connectivity index (χ2n) is 3.01. The first kappa shape index (κ1) is 11.0. The van der Waals surface area contributed by atoms with E-state index in [0.717, 1.165) is 6.26 Å². The van der Waals surface area contributed by atoms with Crippen molar-refractivity contribution >= 4 is 9.84 Å². The highest BCUT2D eigenvalue weighted by atomic mass is 32.2. The van der Waals surface area contributed by atoms with E-state index in [9.17, 15) is 13.5 Å². The molecule has 1 aromatic rings. The molecule has 1 rings (SSSR count). The van der Waals surface area contributed by atoms with E-state index in [1.807, 2.05) is 0 Å². The molecule has 0 heterocycles. The van der Waals surface area contributed by atoms with E-state index in [0.29, 0.717) is 5.56 Å². The highest BCUT2D eigenvalue weighted by Gasteiger charge is 2.17. The van der Waals surface area contributed by atoms with Crippen LogP contribution in [-0.4, -0.2) is 31.5 Å². The molecule has 0 unspecified atom stereocenters. The lowest BCUT2D eigenvalue weighted by molar-refractivity contribution is 0.298. The lowest BCUT2D eigenvalue weighted by Gasteiger charge is -2.07. The van der Waals surface area contributed by atoms with Crippen LogP contribution in [0.1, 0.15) is 5.56 Å². The van der Waals surface area contributed by atoms with Crippen molar-refractivity contribution in [1.82, 2.24) is 0 Å². The number of sulfone groups is 1. The number of hydrogen-bond acceptors (Lipinski definition) is 4. The highest BCUT2D eigenvalue weighted by Crippen LogP contribution is 2.26. The summed E-state index contributed by atoms with van der Waals surface area (Å²) in [4.78, 5) is -0.0888. The van der Waals surface area contributed by atoms with E-state index in [2.05, 4.69) is 0 Å². The Morgan fingerprint density at radius 3 is 2.50 bits per heavy atom. The summed E-state index contributed by atoms with van der Waals surface area (Å²) in [6.45, 7) is -0.147. The van der Waals surface area contributed by atoms with Gasteiger partial charge >= 0.3 is 0 Å². The molecule has 0 fully saturated rings. The average Bonchev–Trinajstić information content (AvgIpc) is 2.02. The van der Waals surface area contributed by atoms with Crippen LogP contribution in [-0.2, 0) is 16.3 Å². The van der Waals surface area contributed by atoms with Crippen LogP contribution in [0.4, 0.5) is 0 Å². The molecule has 0 bridgehead atoms. The van der Waals surface area contributed by atoms with Gasteiger partial charge in [0, 0.05) is 12.9 Å². The molecule has 0 amide bonds. The van der Waals surface area contributed by atoms with Crippen LogP contribution in [0, 0.1) is 0 Å². The second kappa shape index (κ2) is 3.98. The number of phenolic OH excluding ortho intramolecular Hbond substituents is 1. The van der Waals surface area contributed by atoms with Crippen LogP contribution in [0.5, 0.6) is 5.75 Å². The SMILES string of the molecule is CS(=O)(=O)c1c(O)cccc1CCO. The first-order chi connectivity index (χ1) is 6.46. The number of benzene rings is 1. The van der Waals surface area contributed by atoms with Gasteiger partial charge in [-0.3, -0.25) is 0 Å². The number of hydrogen-bond donors (Lipinski definition) is 2. The topological polar surface area (TPSA) is 74.6 Å². The molecule has 14 heavy (non-hydrogen) atoms. The van der Waals surface area contributed by atoms with Crippen molar-refractivity contribution < 1.29 is 18.6 Å². The molecule has 1 aromatic carbocycles. The van der Waals surface area contributed by atoms with Gasteiger partial charge in [-0.25, -0.2) is 8.42 Å². The van der Waals surface area contributed by atoms with Crippen molar-refractivity contribution in [1.29, 1.82) is 0 Å². The van der Waals surface area contributed by atoms with E-state index >= 15 is 0 Å². The van der Waals surface area contributed by atoms with Crippen LogP contribution in [0.2, 0.25) is 0 Å². The zero-order chi connectivity index (χ0) is 10.8. The number of rotatable bonds is 3. The van der Waals surface area contributed by atoms with Crippen LogP contribution in [0.3, 0.4) is 0 Å². The van der Waals surface area contributed by atoms with Crippen molar-refractivity contribution in [3.05, 3.63) is 23.8 Å². The van der Waals surface area contributed by atoms with Crippen LogP contribution < -0.4 is 0 Å². The molecular formula is C9H12O4S. The molecule has 5 heteroatoms. The van der Waals surface area contributed by atoms with Gasteiger partial charge in [-0.2, -0.15) is 0 Å². The standard InChI is InChI=1S/C9H12O4S/c1-14(12,13)9-7(5-6-10)3-2-4-8(9)11/h2-4,10-11H,5-6H2,1H3. The molecule has 0 saturated carbocycles. The molecule has 0 saturated heterocycles.